The smallest absolute Gasteiger partial charge is 0.302 e. The lowest BCUT2D eigenvalue weighted by molar-refractivity contribution is -0.384. The maximum atomic E-state index is 13.1. The van der Waals surface area contributed by atoms with Gasteiger partial charge < -0.3 is 10.1 Å². The summed E-state index contributed by atoms with van der Waals surface area (Å²) in [7, 11) is 0. The summed E-state index contributed by atoms with van der Waals surface area (Å²) >= 11 is 0. The van der Waals surface area contributed by atoms with Gasteiger partial charge in [-0.2, -0.15) is 0 Å². The number of amides is 1. The van der Waals surface area contributed by atoms with E-state index >= 15 is 0 Å². The maximum Gasteiger partial charge on any atom is 0.302 e. The number of fused-ring (bicyclic) bond motifs is 1. The first kappa shape index (κ1) is 20.1. The van der Waals surface area contributed by atoms with E-state index in [9.17, 15) is 24.8 Å². The number of aliphatic hydroxyl groups is 1. The third kappa shape index (κ3) is 3.30. The Morgan fingerprint density at radius 3 is 2.39 bits per heavy atom. The highest BCUT2D eigenvalue weighted by atomic mass is 16.6. The summed E-state index contributed by atoms with van der Waals surface area (Å²) in [5.41, 5.74) is 1.67. The highest BCUT2D eigenvalue weighted by molar-refractivity contribution is 6.51. The number of carbonyl (C=O) groups excluding carboxylic acids is 2. The lowest BCUT2D eigenvalue weighted by Gasteiger charge is -2.22. The second kappa shape index (κ2) is 7.68. The van der Waals surface area contributed by atoms with Gasteiger partial charge in [0.15, 0.2) is 0 Å². The molecule has 10 heteroatoms. The number of nitro benzene ring substituents is 1. The number of Topliss-reactive ketones (excluding diaryl/α,β-unsaturated/α-hetero) is 1. The van der Waals surface area contributed by atoms with Crippen molar-refractivity contribution in [2.24, 2.45) is 0 Å². The van der Waals surface area contributed by atoms with Crippen LogP contribution in [0.25, 0.3) is 16.8 Å². The number of benzene rings is 2. The standard InChI is InChI=1S/C23H15N5O5/c29-20(14-5-7-15(8-6-14)28(32)33)18-19(13-9-11-24-12-10-13)27(22(31)21(18)30)23-25-16-3-1-2-4-17(16)26-23/h1-12,19,29H,(H,25,26)/b20-18+. The first-order valence-electron chi connectivity index (χ1n) is 9.86. The molecule has 1 amide bonds. The van der Waals surface area contributed by atoms with Crippen molar-refractivity contribution >= 4 is 40.1 Å². The third-order valence-corrected chi connectivity index (χ3v) is 5.42. The number of aliphatic hydroxyl groups excluding tert-OH is 1. The van der Waals surface area contributed by atoms with Gasteiger partial charge in [-0.3, -0.25) is 29.6 Å². The normalized spacial score (nSPS) is 17.6. The molecule has 2 N–H and O–H groups in total. The Labute approximate surface area is 186 Å². The second-order valence-electron chi connectivity index (χ2n) is 7.33. The van der Waals surface area contributed by atoms with Gasteiger partial charge >= 0.3 is 5.91 Å². The minimum Gasteiger partial charge on any atom is -0.507 e. The molecule has 0 radical (unpaired) electrons. The molecule has 4 aromatic rings. The van der Waals surface area contributed by atoms with Gasteiger partial charge in [-0.1, -0.05) is 12.1 Å². The Balaban J connectivity index is 1.70. The topological polar surface area (TPSA) is 142 Å². The fraction of sp³-hybridized carbons (Fsp3) is 0.0435. The van der Waals surface area contributed by atoms with Crippen LogP contribution in [0.2, 0.25) is 0 Å². The second-order valence-corrected chi connectivity index (χ2v) is 7.33. The summed E-state index contributed by atoms with van der Waals surface area (Å²) < 4.78 is 0. The van der Waals surface area contributed by atoms with E-state index in [0.717, 1.165) is 0 Å². The molecule has 1 aliphatic heterocycles. The van der Waals surface area contributed by atoms with Crippen LogP contribution in [0.1, 0.15) is 17.2 Å². The quantitative estimate of drug-likeness (QED) is 0.162. The number of nitro groups is 1. The molecule has 1 unspecified atom stereocenters. The lowest BCUT2D eigenvalue weighted by atomic mass is 9.96. The van der Waals surface area contributed by atoms with Crippen molar-refractivity contribution < 1.29 is 19.6 Å². The van der Waals surface area contributed by atoms with Crippen molar-refractivity contribution in [2.45, 2.75) is 6.04 Å². The number of carbonyl (C=O) groups is 2. The Morgan fingerprint density at radius 2 is 1.73 bits per heavy atom. The van der Waals surface area contributed by atoms with Crippen LogP contribution in [0.5, 0.6) is 0 Å². The molecule has 33 heavy (non-hydrogen) atoms. The molecule has 0 bridgehead atoms. The monoisotopic (exact) mass is 441 g/mol. The van der Waals surface area contributed by atoms with Crippen LogP contribution >= 0.6 is 0 Å². The molecule has 10 nitrogen and oxygen atoms in total. The van der Waals surface area contributed by atoms with Crippen LogP contribution in [0.3, 0.4) is 0 Å². The number of aromatic amines is 1. The van der Waals surface area contributed by atoms with Gasteiger partial charge in [-0.25, -0.2) is 4.98 Å². The van der Waals surface area contributed by atoms with Crippen molar-refractivity contribution in [1.29, 1.82) is 0 Å². The van der Waals surface area contributed by atoms with Gasteiger partial charge in [-0.05, 0) is 42.0 Å². The Kier molecular flexibility index (Phi) is 4.67. The number of nitrogens with one attached hydrogen (secondary N) is 1. The van der Waals surface area contributed by atoms with Gasteiger partial charge in [0.1, 0.15) is 5.76 Å². The number of non-ortho nitro benzene ring substituents is 1. The number of pyridine rings is 1. The van der Waals surface area contributed by atoms with Gasteiger partial charge in [-0.15, -0.1) is 0 Å². The average molecular weight is 441 g/mol. The van der Waals surface area contributed by atoms with Crippen molar-refractivity contribution in [2.75, 3.05) is 4.90 Å². The molecule has 5 rings (SSSR count). The van der Waals surface area contributed by atoms with E-state index in [2.05, 4.69) is 15.0 Å². The Morgan fingerprint density at radius 1 is 1.03 bits per heavy atom. The Bertz CT molecular complexity index is 1410. The highest BCUT2D eigenvalue weighted by Crippen LogP contribution is 2.41. The van der Waals surface area contributed by atoms with E-state index < -0.39 is 28.4 Å². The fourth-order valence-electron chi connectivity index (χ4n) is 3.86. The summed E-state index contributed by atoms with van der Waals surface area (Å²) in [6.07, 6.45) is 3.03. The molecule has 2 aromatic carbocycles. The van der Waals surface area contributed by atoms with Crippen LogP contribution in [0.4, 0.5) is 11.6 Å². The molecule has 3 heterocycles. The zero-order valence-corrected chi connectivity index (χ0v) is 16.9. The third-order valence-electron chi connectivity index (χ3n) is 5.42. The summed E-state index contributed by atoms with van der Waals surface area (Å²) in [4.78, 5) is 49.3. The molecular weight excluding hydrogens is 426 g/mol. The number of rotatable bonds is 4. The average Bonchev–Trinajstić information content (AvgIpc) is 3.38. The molecular formula is C23H15N5O5. The van der Waals surface area contributed by atoms with Crippen LogP contribution < -0.4 is 4.90 Å². The molecule has 1 aliphatic rings. The Hall–Kier alpha value is -4.86. The van der Waals surface area contributed by atoms with Crippen molar-refractivity contribution in [3.63, 3.8) is 0 Å². The first-order valence-corrected chi connectivity index (χ1v) is 9.86. The lowest BCUT2D eigenvalue weighted by Crippen LogP contribution is -2.30. The van der Waals surface area contributed by atoms with Gasteiger partial charge in [0.25, 0.3) is 11.5 Å². The zero-order valence-electron chi connectivity index (χ0n) is 16.9. The summed E-state index contributed by atoms with van der Waals surface area (Å²) in [6.45, 7) is 0. The highest BCUT2D eigenvalue weighted by Gasteiger charge is 2.48. The van der Waals surface area contributed by atoms with E-state index in [0.29, 0.717) is 16.6 Å². The molecule has 162 valence electrons. The van der Waals surface area contributed by atoms with Crippen LogP contribution in [0.15, 0.2) is 78.6 Å². The number of para-hydroxylation sites is 2. The molecule has 0 aliphatic carbocycles. The number of anilines is 1. The number of hydrogen-bond acceptors (Lipinski definition) is 7. The molecule has 1 saturated heterocycles. The molecule has 0 saturated carbocycles. The number of H-pyrrole nitrogens is 1. The summed E-state index contributed by atoms with van der Waals surface area (Å²) in [6, 6.07) is 14.5. The van der Waals surface area contributed by atoms with Crippen molar-refractivity contribution in [1.82, 2.24) is 15.0 Å². The van der Waals surface area contributed by atoms with Crippen molar-refractivity contribution in [3.05, 3.63) is 99.9 Å². The first-order chi connectivity index (χ1) is 16.0. The van der Waals surface area contributed by atoms with E-state index in [1.807, 2.05) is 6.07 Å². The van der Waals surface area contributed by atoms with Crippen molar-refractivity contribution in [3.8, 4) is 0 Å². The molecule has 0 spiro atoms. The SMILES string of the molecule is O=C1C(=O)N(c2nc3ccccc3[nH]2)C(c2ccncc2)/C1=C(\O)c1ccc([N+](=O)[O-])cc1. The van der Waals surface area contributed by atoms with E-state index in [4.69, 9.17) is 0 Å². The van der Waals surface area contributed by atoms with Crippen LogP contribution in [0, 0.1) is 10.1 Å². The molecule has 1 fully saturated rings. The number of nitrogens with zero attached hydrogens (tertiary/aromatic N) is 4. The fourth-order valence-corrected chi connectivity index (χ4v) is 3.86. The molecule has 2 aromatic heterocycles. The largest absolute Gasteiger partial charge is 0.507 e. The summed E-state index contributed by atoms with van der Waals surface area (Å²) in [5, 5.41) is 22.0. The van der Waals surface area contributed by atoms with E-state index in [-0.39, 0.29) is 22.8 Å². The number of hydrogen-bond donors (Lipinski definition) is 2. The minimum atomic E-state index is -0.983. The predicted octanol–water partition coefficient (Wildman–Crippen LogP) is 3.49. The van der Waals surface area contributed by atoms with Crippen LogP contribution in [-0.4, -0.2) is 36.7 Å². The van der Waals surface area contributed by atoms with E-state index in [1.165, 1.54) is 41.6 Å². The number of ketones is 1. The molecule has 1 atom stereocenters. The maximum absolute atomic E-state index is 13.1. The number of aromatic nitrogens is 3. The zero-order chi connectivity index (χ0) is 23.1. The van der Waals surface area contributed by atoms with Gasteiger partial charge in [0.2, 0.25) is 5.95 Å². The number of imidazole rings is 1. The summed E-state index contributed by atoms with van der Waals surface area (Å²) in [5.74, 6) is -2.04. The van der Waals surface area contributed by atoms with E-state index in [1.54, 1.807) is 30.3 Å². The van der Waals surface area contributed by atoms with Gasteiger partial charge in [0.05, 0.1) is 27.6 Å². The minimum absolute atomic E-state index is 0.152. The van der Waals surface area contributed by atoms with Gasteiger partial charge in [0, 0.05) is 30.1 Å². The predicted molar refractivity (Wildman–Crippen MR) is 118 cm³/mol. The van der Waals surface area contributed by atoms with Crippen LogP contribution in [-0.2, 0) is 9.59 Å².